The third kappa shape index (κ3) is 3.31. The van der Waals surface area contributed by atoms with Crippen molar-refractivity contribution in [2.24, 2.45) is 5.92 Å². The van der Waals surface area contributed by atoms with Gasteiger partial charge in [0.15, 0.2) is 6.10 Å². The molecule has 0 aromatic heterocycles. The fourth-order valence-corrected chi connectivity index (χ4v) is 3.06. The first-order valence-electron chi connectivity index (χ1n) is 8.35. The molecule has 26 heavy (non-hydrogen) atoms. The number of nitrogens with zero attached hydrogens (tertiary/aromatic N) is 1. The van der Waals surface area contributed by atoms with Crippen LogP contribution in [0.5, 0.6) is 0 Å². The van der Waals surface area contributed by atoms with Crippen molar-refractivity contribution in [1.29, 1.82) is 0 Å². The molecule has 3 amide bonds. The molecule has 0 bridgehead atoms. The van der Waals surface area contributed by atoms with Gasteiger partial charge in [-0.15, -0.1) is 0 Å². The number of carbonyl (C=O) groups is 4. The van der Waals surface area contributed by atoms with Gasteiger partial charge in [0.2, 0.25) is 5.78 Å². The van der Waals surface area contributed by atoms with Crippen molar-refractivity contribution in [2.45, 2.75) is 38.3 Å². The highest BCUT2D eigenvalue weighted by Gasteiger charge is 2.56. The Bertz CT molecular complexity index is 774. The van der Waals surface area contributed by atoms with Gasteiger partial charge in [-0.25, -0.2) is 9.18 Å². The van der Waals surface area contributed by atoms with Crippen molar-refractivity contribution in [3.63, 3.8) is 0 Å². The minimum Gasteiger partial charge on any atom is -0.453 e. The zero-order valence-corrected chi connectivity index (χ0v) is 14.5. The van der Waals surface area contributed by atoms with Crippen LogP contribution in [0.1, 0.15) is 37.0 Å². The zero-order valence-electron chi connectivity index (χ0n) is 14.5. The highest BCUT2D eigenvalue weighted by atomic mass is 19.1. The lowest BCUT2D eigenvalue weighted by Crippen LogP contribution is -2.46. The predicted molar refractivity (Wildman–Crippen MR) is 87.7 cm³/mol. The normalized spacial score (nSPS) is 23.6. The van der Waals surface area contributed by atoms with Crippen LogP contribution in [0.3, 0.4) is 0 Å². The van der Waals surface area contributed by atoms with E-state index in [1.165, 1.54) is 19.1 Å². The fraction of sp³-hybridized carbons (Fsp3) is 0.444. The summed E-state index contributed by atoms with van der Waals surface area (Å²) in [6, 6.07) is 4.21. The Kier molecular flexibility index (Phi) is 4.52. The molecule has 8 heteroatoms. The number of ether oxygens (including phenoxy) is 1. The molecule has 1 saturated heterocycles. The van der Waals surface area contributed by atoms with E-state index in [0.717, 1.165) is 29.9 Å². The lowest BCUT2D eigenvalue weighted by molar-refractivity contribution is -0.150. The van der Waals surface area contributed by atoms with E-state index in [1.807, 2.05) is 0 Å². The van der Waals surface area contributed by atoms with Crippen molar-refractivity contribution < 1.29 is 28.3 Å². The Hall–Kier alpha value is -2.77. The summed E-state index contributed by atoms with van der Waals surface area (Å²) in [5.41, 5.74) is -0.782. The molecule has 2 fully saturated rings. The molecular formula is C18H19FN2O5. The Morgan fingerprint density at radius 3 is 2.50 bits per heavy atom. The minimum absolute atomic E-state index is 0.0824. The lowest BCUT2D eigenvalue weighted by Gasteiger charge is -2.21. The van der Waals surface area contributed by atoms with E-state index in [-0.39, 0.29) is 11.5 Å². The molecule has 1 heterocycles. The van der Waals surface area contributed by atoms with E-state index in [9.17, 15) is 23.6 Å². The highest BCUT2D eigenvalue weighted by molar-refractivity contribution is 6.09. The van der Waals surface area contributed by atoms with Gasteiger partial charge in [-0.2, -0.15) is 0 Å². The third-order valence-corrected chi connectivity index (χ3v) is 4.79. The molecule has 2 atom stereocenters. The first kappa shape index (κ1) is 18.0. The molecule has 1 N–H and O–H groups in total. The number of halogens is 1. The van der Waals surface area contributed by atoms with Crippen molar-refractivity contribution in [1.82, 2.24) is 10.2 Å². The van der Waals surface area contributed by atoms with Gasteiger partial charge in [-0.05, 0) is 56.9 Å². The first-order chi connectivity index (χ1) is 12.2. The van der Waals surface area contributed by atoms with Crippen LogP contribution in [-0.2, 0) is 14.3 Å². The van der Waals surface area contributed by atoms with E-state index < -0.39 is 47.7 Å². The maximum Gasteiger partial charge on any atom is 0.326 e. The minimum atomic E-state index is -1.12. The van der Waals surface area contributed by atoms with Crippen LogP contribution >= 0.6 is 0 Å². The fourth-order valence-electron chi connectivity index (χ4n) is 3.06. The molecule has 7 nitrogen and oxygen atoms in total. The number of imide groups is 1. The van der Waals surface area contributed by atoms with Crippen LogP contribution < -0.4 is 5.32 Å². The second-order valence-electron chi connectivity index (χ2n) is 6.80. The molecule has 1 aliphatic heterocycles. The van der Waals surface area contributed by atoms with Gasteiger partial charge >= 0.3 is 12.0 Å². The topological polar surface area (TPSA) is 92.8 Å². The van der Waals surface area contributed by atoms with E-state index in [1.54, 1.807) is 6.92 Å². The molecule has 1 saturated carbocycles. The monoisotopic (exact) mass is 362 g/mol. The highest BCUT2D eigenvalue weighted by Crippen LogP contribution is 2.42. The van der Waals surface area contributed by atoms with Crippen LogP contribution in [0.4, 0.5) is 9.18 Å². The van der Waals surface area contributed by atoms with Gasteiger partial charge in [0.1, 0.15) is 17.9 Å². The van der Waals surface area contributed by atoms with E-state index in [2.05, 4.69) is 5.32 Å². The van der Waals surface area contributed by atoms with Crippen LogP contribution in [0.2, 0.25) is 0 Å². The number of rotatable bonds is 6. The van der Waals surface area contributed by atoms with E-state index in [0.29, 0.717) is 0 Å². The number of amides is 3. The van der Waals surface area contributed by atoms with Gasteiger partial charge in [0, 0.05) is 5.56 Å². The number of benzene rings is 1. The molecule has 3 rings (SSSR count). The van der Waals surface area contributed by atoms with Crippen LogP contribution in [0.15, 0.2) is 24.3 Å². The maximum absolute atomic E-state index is 12.9. The number of esters is 1. The second kappa shape index (κ2) is 6.51. The molecule has 0 radical (unpaired) electrons. The average Bonchev–Trinajstić information content (AvgIpc) is 3.41. The van der Waals surface area contributed by atoms with Crippen molar-refractivity contribution in [3.8, 4) is 0 Å². The van der Waals surface area contributed by atoms with E-state index >= 15 is 0 Å². The molecular weight excluding hydrogens is 343 g/mol. The lowest BCUT2D eigenvalue weighted by atomic mass is 9.96. The number of ketones is 1. The summed E-state index contributed by atoms with van der Waals surface area (Å²) >= 11 is 0. The summed E-state index contributed by atoms with van der Waals surface area (Å²) in [5, 5.41) is 2.63. The van der Waals surface area contributed by atoms with Crippen molar-refractivity contribution in [3.05, 3.63) is 35.6 Å². The first-order valence-corrected chi connectivity index (χ1v) is 8.35. The van der Waals surface area contributed by atoms with Crippen LogP contribution in [0.25, 0.3) is 0 Å². The molecule has 1 aromatic carbocycles. The summed E-state index contributed by atoms with van der Waals surface area (Å²) in [6.07, 6.45) is 0.581. The number of urea groups is 1. The third-order valence-electron chi connectivity index (χ3n) is 4.79. The van der Waals surface area contributed by atoms with Crippen molar-refractivity contribution in [2.75, 3.05) is 6.54 Å². The molecule has 138 valence electrons. The molecule has 2 aliphatic rings. The Morgan fingerprint density at radius 1 is 1.31 bits per heavy atom. The van der Waals surface area contributed by atoms with Gasteiger partial charge in [0.05, 0.1) is 0 Å². The molecule has 0 unspecified atom stereocenters. The summed E-state index contributed by atoms with van der Waals surface area (Å²) in [4.78, 5) is 49.6. The maximum atomic E-state index is 12.9. The predicted octanol–water partition coefficient (Wildman–Crippen LogP) is 1.66. The van der Waals surface area contributed by atoms with Gasteiger partial charge in [0.25, 0.3) is 5.91 Å². The van der Waals surface area contributed by atoms with Gasteiger partial charge in [-0.3, -0.25) is 19.3 Å². The van der Waals surface area contributed by atoms with Crippen molar-refractivity contribution >= 4 is 23.7 Å². The van der Waals surface area contributed by atoms with Crippen LogP contribution in [0, 0.1) is 11.7 Å². The smallest absolute Gasteiger partial charge is 0.326 e. The molecule has 1 aliphatic carbocycles. The largest absolute Gasteiger partial charge is 0.453 e. The standard InChI is InChI=1S/C18H19FN2O5/c1-10(15(23)11-3-7-13(19)8-4-11)26-14(22)9-21-16(24)18(2,12-5-6-12)20-17(21)25/h3-4,7-8,10,12H,5-6,9H2,1-2H3,(H,20,25)/t10-,18-/m1/s1. The quantitative estimate of drug-likeness (QED) is 0.472. The summed E-state index contributed by atoms with van der Waals surface area (Å²) < 4.78 is 18.0. The average molecular weight is 362 g/mol. The van der Waals surface area contributed by atoms with Gasteiger partial charge in [-0.1, -0.05) is 0 Å². The Balaban J connectivity index is 1.60. The Labute approximate surface area is 149 Å². The number of hydrogen-bond acceptors (Lipinski definition) is 5. The number of hydrogen-bond donors (Lipinski definition) is 1. The SMILES string of the molecule is C[C@@H](OC(=O)CN1C(=O)N[C@](C)(C2CC2)C1=O)C(=O)c1ccc(F)cc1. The second-order valence-corrected chi connectivity index (χ2v) is 6.80. The summed E-state index contributed by atoms with van der Waals surface area (Å²) in [5.74, 6) is -2.23. The van der Waals surface area contributed by atoms with Gasteiger partial charge < -0.3 is 10.1 Å². The summed E-state index contributed by atoms with van der Waals surface area (Å²) in [6.45, 7) is 2.47. The molecule has 1 aromatic rings. The van der Waals surface area contributed by atoms with Crippen LogP contribution in [-0.4, -0.2) is 46.8 Å². The zero-order chi connectivity index (χ0) is 19.1. The molecule has 0 spiro atoms. The Morgan fingerprint density at radius 2 is 1.92 bits per heavy atom. The number of nitrogens with one attached hydrogen (secondary N) is 1. The number of carbonyl (C=O) groups excluding carboxylic acids is 4. The van der Waals surface area contributed by atoms with E-state index in [4.69, 9.17) is 4.74 Å². The summed E-state index contributed by atoms with van der Waals surface area (Å²) in [7, 11) is 0. The number of Topliss-reactive ketones (excluding diaryl/α,β-unsaturated/α-hetero) is 1.